The molecular weight excluding hydrogens is 308 g/mol. The van der Waals surface area contributed by atoms with Crippen molar-refractivity contribution in [2.75, 3.05) is 13.7 Å². The third-order valence-electron chi connectivity index (χ3n) is 3.53. The van der Waals surface area contributed by atoms with Gasteiger partial charge in [-0.3, -0.25) is 9.78 Å². The Morgan fingerprint density at radius 1 is 1.25 bits per heavy atom. The zero-order chi connectivity index (χ0) is 16.9. The minimum atomic E-state index is -0.424. The molecule has 0 saturated carbocycles. The molecule has 3 rings (SSSR count). The first-order valence-corrected chi connectivity index (χ1v) is 7.41. The normalized spacial score (nSPS) is 10.5. The molecule has 0 aliphatic heterocycles. The lowest BCUT2D eigenvalue weighted by molar-refractivity contribution is -0.132. The summed E-state index contributed by atoms with van der Waals surface area (Å²) in [5.74, 6) is 0.313. The molecule has 0 fully saturated rings. The van der Waals surface area contributed by atoms with Crippen LogP contribution in [-0.2, 0) is 11.3 Å². The number of amides is 1. The molecule has 2 aromatic heterocycles. The van der Waals surface area contributed by atoms with Crippen molar-refractivity contribution in [1.82, 2.24) is 9.88 Å². The maximum Gasteiger partial charge on any atom is 0.336 e. The number of likely N-dealkylation sites (N-methyl/N-ethyl adjacent to an activating group) is 1. The zero-order valence-electron chi connectivity index (χ0n) is 13.1. The molecule has 1 aromatic carbocycles. The molecule has 1 amide bonds. The Kier molecular flexibility index (Phi) is 4.56. The van der Waals surface area contributed by atoms with Crippen LogP contribution in [0.1, 0.15) is 5.56 Å². The van der Waals surface area contributed by atoms with Gasteiger partial charge in [0.05, 0.1) is 0 Å². The van der Waals surface area contributed by atoms with Crippen molar-refractivity contribution in [3.05, 3.63) is 70.8 Å². The molecule has 6 heteroatoms. The highest BCUT2D eigenvalue weighted by atomic mass is 16.5. The Hall–Kier alpha value is -3.15. The van der Waals surface area contributed by atoms with Crippen LogP contribution < -0.4 is 10.4 Å². The molecule has 0 radical (unpaired) electrons. The van der Waals surface area contributed by atoms with E-state index in [2.05, 4.69) is 4.98 Å². The lowest BCUT2D eigenvalue weighted by Crippen LogP contribution is -2.30. The smallest absolute Gasteiger partial charge is 0.336 e. The highest BCUT2D eigenvalue weighted by molar-refractivity contribution is 5.79. The predicted molar refractivity (Wildman–Crippen MR) is 88.7 cm³/mol. The van der Waals surface area contributed by atoms with Crippen LogP contribution in [0, 0.1) is 0 Å². The van der Waals surface area contributed by atoms with Crippen LogP contribution in [0.15, 0.2) is 64.1 Å². The van der Waals surface area contributed by atoms with E-state index in [9.17, 15) is 9.59 Å². The van der Waals surface area contributed by atoms with Crippen LogP contribution in [0.4, 0.5) is 0 Å². The number of nitrogens with zero attached hydrogens (tertiary/aromatic N) is 2. The molecule has 0 atom stereocenters. The number of fused-ring (bicyclic) bond motifs is 1. The molecule has 0 N–H and O–H groups in total. The maximum absolute atomic E-state index is 12.1. The number of benzene rings is 1. The summed E-state index contributed by atoms with van der Waals surface area (Å²) in [4.78, 5) is 29.0. The number of pyridine rings is 1. The highest BCUT2D eigenvalue weighted by Crippen LogP contribution is 2.19. The summed E-state index contributed by atoms with van der Waals surface area (Å²) in [6.07, 6.45) is 3.41. The quantitative estimate of drug-likeness (QED) is 0.673. The van der Waals surface area contributed by atoms with E-state index < -0.39 is 5.63 Å². The van der Waals surface area contributed by atoms with Gasteiger partial charge >= 0.3 is 5.63 Å². The Morgan fingerprint density at radius 2 is 2.08 bits per heavy atom. The van der Waals surface area contributed by atoms with Gasteiger partial charge in [-0.15, -0.1) is 0 Å². The summed E-state index contributed by atoms with van der Waals surface area (Å²) in [7, 11) is 1.71. The molecule has 0 aliphatic carbocycles. The third-order valence-corrected chi connectivity index (χ3v) is 3.53. The number of carbonyl (C=O) groups is 1. The summed E-state index contributed by atoms with van der Waals surface area (Å²) in [5.41, 5.74) is 0.948. The molecule has 3 aromatic rings. The van der Waals surface area contributed by atoms with Crippen LogP contribution in [0.2, 0.25) is 0 Å². The molecule has 2 heterocycles. The Labute approximate surface area is 138 Å². The average Bonchev–Trinajstić information content (AvgIpc) is 2.60. The molecule has 24 heavy (non-hydrogen) atoms. The monoisotopic (exact) mass is 324 g/mol. The van der Waals surface area contributed by atoms with E-state index in [4.69, 9.17) is 9.15 Å². The first-order chi connectivity index (χ1) is 11.6. The van der Waals surface area contributed by atoms with Crippen molar-refractivity contribution in [2.45, 2.75) is 6.54 Å². The van der Waals surface area contributed by atoms with Gasteiger partial charge in [-0.25, -0.2) is 4.79 Å². The standard InChI is InChI=1S/C18H16N2O4/c1-20(11-13-3-2-8-19-10-13)17(21)12-23-15-6-4-14-5-7-18(22)24-16(14)9-15/h2-10H,11-12H2,1H3. The highest BCUT2D eigenvalue weighted by Gasteiger charge is 2.11. The van der Waals surface area contributed by atoms with E-state index in [1.165, 1.54) is 6.07 Å². The van der Waals surface area contributed by atoms with E-state index in [1.807, 2.05) is 12.1 Å². The lowest BCUT2D eigenvalue weighted by Gasteiger charge is -2.17. The molecule has 6 nitrogen and oxygen atoms in total. The molecule has 0 saturated heterocycles. The number of carbonyl (C=O) groups excluding carboxylic acids is 1. The van der Waals surface area contributed by atoms with Gasteiger partial charge < -0.3 is 14.1 Å². The summed E-state index contributed by atoms with van der Waals surface area (Å²) in [5, 5.41) is 0.793. The molecule has 0 spiro atoms. The van der Waals surface area contributed by atoms with E-state index in [0.717, 1.165) is 10.9 Å². The summed E-state index contributed by atoms with van der Waals surface area (Å²) < 4.78 is 10.6. The van der Waals surface area contributed by atoms with Crippen LogP contribution in [0.5, 0.6) is 5.75 Å². The van der Waals surface area contributed by atoms with Gasteiger partial charge in [0.1, 0.15) is 11.3 Å². The topological polar surface area (TPSA) is 72.6 Å². The van der Waals surface area contributed by atoms with Crippen LogP contribution in [-0.4, -0.2) is 29.4 Å². The lowest BCUT2D eigenvalue weighted by atomic mass is 10.2. The van der Waals surface area contributed by atoms with Gasteiger partial charge in [0, 0.05) is 43.5 Å². The van der Waals surface area contributed by atoms with E-state index >= 15 is 0 Å². The second-order valence-electron chi connectivity index (χ2n) is 5.35. The number of aromatic nitrogens is 1. The van der Waals surface area contributed by atoms with Gasteiger partial charge in [0.25, 0.3) is 5.91 Å². The van der Waals surface area contributed by atoms with Crippen molar-refractivity contribution in [3.8, 4) is 5.75 Å². The summed E-state index contributed by atoms with van der Waals surface area (Å²) in [6, 6.07) is 11.9. The van der Waals surface area contributed by atoms with Crippen LogP contribution in [0.3, 0.4) is 0 Å². The van der Waals surface area contributed by atoms with Gasteiger partial charge in [-0.1, -0.05) is 6.07 Å². The number of hydrogen-bond acceptors (Lipinski definition) is 5. The second-order valence-corrected chi connectivity index (χ2v) is 5.35. The molecule has 0 unspecified atom stereocenters. The Balaban J connectivity index is 1.62. The summed E-state index contributed by atoms with van der Waals surface area (Å²) in [6.45, 7) is 0.363. The predicted octanol–water partition coefficient (Wildman–Crippen LogP) is 2.23. The summed E-state index contributed by atoms with van der Waals surface area (Å²) >= 11 is 0. The van der Waals surface area contributed by atoms with Gasteiger partial charge in [-0.05, 0) is 29.8 Å². The van der Waals surface area contributed by atoms with E-state index in [0.29, 0.717) is 17.9 Å². The number of rotatable bonds is 5. The minimum absolute atomic E-state index is 0.0979. The van der Waals surface area contributed by atoms with Crippen molar-refractivity contribution >= 4 is 16.9 Å². The fourth-order valence-corrected chi connectivity index (χ4v) is 2.24. The van der Waals surface area contributed by atoms with Crippen LogP contribution in [0.25, 0.3) is 11.0 Å². The van der Waals surface area contributed by atoms with Crippen molar-refractivity contribution < 1.29 is 13.9 Å². The number of hydrogen-bond donors (Lipinski definition) is 0. The van der Waals surface area contributed by atoms with Crippen molar-refractivity contribution in [2.24, 2.45) is 0 Å². The van der Waals surface area contributed by atoms with Gasteiger partial charge in [0.15, 0.2) is 6.61 Å². The minimum Gasteiger partial charge on any atom is -0.484 e. The fourth-order valence-electron chi connectivity index (χ4n) is 2.24. The number of ether oxygens (including phenoxy) is 1. The SMILES string of the molecule is CN(Cc1cccnc1)C(=O)COc1ccc2ccc(=O)oc2c1. The van der Waals surface area contributed by atoms with Gasteiger partial charge in [0.2, 0.25) is 0 Å². The molecule has 0 bridgehead atoms. The molecular formula is C18H16N2O4. The van der Waals surface area contributed by atoms with Crippen molar-refractivity contribution in [1.29, 1.82) is 0 Å². The zero-order valence-corrected chi connectivity index (χ0v) is 13.1. The van der Waals surface area contributed by atoms with Crippen molar-refractivity contribution in [3.63, 3.8) is 0 Å². The second kappa shape index (κ2) is 6.95. The largest absolute Gasteiger partial charge is 0.484 e. The first-order valence-electron chi connectivity index (χ1n) is 7.41. The molecule has 0 aliphatic rings. The maximum atomic E-state index is 12.1. The average molecular weight is 324 g/mol. The third kappa shape index (κ3) is 3.78. The van der Waals surface area contributed by atoms with Gasteiger partial charge in [-0.2, -0.15) is 0 Å². The fraction of sp³-hybridized carbons (Fsp3) is 0.167. The first kappa shape index (κ1) is 15.7. The Bertz CT molecular complexity index is 906. The van der Waals surface area contributed by atoms with Crippen LogP contribution >= 0.6 is 0 Å². The van der Waals surface area contributed by atoms with E-state index in [1.54, 1.807) is 48.6 Å². The van der Waals surface area contributed by atoms with E-state index in [-0.39, 0.29) is 12.5 Å². The Morgan fingerprint density at radius 3 is 2.88 bits per heavy atom. The molecule has 122 valence electrons.